The average molecular weight is 713 g/mol. The molecule has 2 aromatic heterocycles. The smallest absolute Gasteiger partial charge is 0.286 e. The zero-order valence-electron chi connectivity index (χ0n) is 28.3. The van der Waals surface area contributed by atoms with Gasteiger partial charge in [-0.1, -0.05) is 70.0 Å². The first-order valence-corrected chi connectivity index (χ1v) is 19.3. The number of hydrogen-bond donors (Lipinski definition) is 1. The Morgan fingerprint density at radius 3 is 2.47 bits per heavy atom. The summed E-state index contributed by atoms with van der Waals surface area (Å²) in [7, 11) is -4.13. The van der Waals surface area contributed by atoms with Crippen molar-refractivity contribution >= 4 is 33.4 Å². The molecule has 0 saturated carbocycles. The number of aromatic nitrogens is 2. The first-order chi connectivity index (χ1) is 23.3. The van der Waals surface area contributed by atoms with Gasteiger partial charge in [0.2, 0.25) is 0 Å². The Kier molecular flexibility index (Phi) is 11.5. The number of benzene rings is 2. The highest BCUT2D eigenvalue weighted by atomic mass is 32.2. The van der Waals surface area contributed by atoms with Gasteiger partial charge in [-0.3, -0.25) is 4.72 Å². The zero-order chi connectivity index (χ0) is 35.2. The van der Waals surface area contributed by atoms with E-state index >= 15 is 0 Å². The number of anilines is 2. The standard InChI is InChI=1S/C37H43F3N4O3S2/c1-36(2,3)37(39,40)25-47-31-24-27(17-19-30(31)38)29-18-20-32-41-35(29)28-14-9-8-13-26(28)12-7-5-6-10-21-44(22-23-48-4)33-15-11-16-34(42-33)49(45,46)43-32/h8-9,11,13-20,24H,5-7,10,12,21-23,25H2,1-4H3,(H,41,43). The van der Waals surface area contributed by atoms with E-state index in [0.717, 1.165) is 62.1 Å². The summed E-state index contributed by atoms with van der Waals surface area (Å²) in [5, 5.41) is -0.122. The van der Waals surface area contributed by atoms with E-state index in [1.54, 1.807) is 23.9 Å². The largest absolute Gasteiger partial charge is 0.484 e. The van der Waals surface area contributed by atoms with Gasteiger partial charge in [-0.05, 0) is 73.0 Å². The lowest BCUT2D eigenvalue weighted by atomic mass is 9.88. The van der Waals surface area contributed by atoms with E-state index in [2.05, 4.69) is 14.6 Å². The predicted molar refractivity (Wildman–Crippen MR) is 193 cm³/mol. The molecule has 0 fully saturated rings. The van der Waals surface area contributed by atoms with E-state index in [9.17, 15) is 21.6 Å². The van der Waals surface area contributed by atoms with E-state index < -0.39 is 33.8 Å². The molecule has 0 spiro atoms. The number of ether oxygens (including phenoxy) is 1. The van der Waals surface area contributed by atoms with Gasteiger partial charge in [0.1, 0.15) is 11.6 Å². The highest BCUT2D eigenvalue weighted by Crippen LogP contribution is 2.39. The second kappa shape index (κ2) is 15.4. The summed E-state index contributed by atoms with van der Waals surface area (Å²) in [5.41, 5.74) is 1.93. The van der Waals surface area contributed by atoms with Crippen molar-refractivity contribution in [1.82, 2.24) is 9.97 Å². The minimum Gasteiger partial charge on any atom is -0.484 e. The molecule has 49 heavy (non-hydrogen) atoms. The van der Waals surface area contributed by atoms with E-state index in [4.69, 9.17) is 9.72 Å². The van der Waals surface area contributed by atoms with Crippen molar-refractivity contribution in [3.05, 3.63) is 84.2 Å². The van der Waals surface area contributed by atoms with Crippen LogP contribution in [0.25, 0.3) is 22.4 Å². The van der Waals surface area contributed by atoms with Gasteiger partial charge >= 0.3 is 0 Å². The van der Waals surface area contributed by atoms with Gasteiger partial charge in [-0.15, -0.1) is 0 Å². The lowest BCUT2D eigenvalue weighted by molar-refractivity contribution is -0.123. The third kappa shape index (κ3) is 8.88. The van der Waals surface area contributed by atoms with Crippen LogP contribution in [0.1, 0.15) is 52.0 Å². The fraction of sp³-hybridized carbons (Fsp3) is 0.405. The maximum Gasteiger partial charge on any atom is 0.286 e. The number of fused-ring (bicyclic) bond motifs is 6. The zero-order valence-corrected chi connectivity index (χ0v) is 29.9. The molecule has 4 aromatic rings. The molecule has 0 amide bonds. The summed E-state index contributed by atoms with van der Waals surface area (Å²) in [6.07, 6.45) is 6.70. The maximum atomic E-state index is 14.9. The van der Waals surface area contributed by atoms with Crippen molar-refractivity contribution in [2.45, 2.75) is 63.8 Å². The molecule has 0 saturated heterocycles. The lowest BCUT2D eigenvalue weighted by Gasteiger charge is -2.30. The molecule has 2 aromatic carbocycles. The van der Waals surface area contributed by atoms with Gasteiger partial charge in [0.15, 0.2) is 23.2 Å². The molecule has 262 valence electrons. The molecule has 7 nitrogen and oxygen atoms in total. The molecule has 0 aliphatic carbocycles. The van der Waals surface area contributed by atoms with Crippen LogP contribution < -0.4 is 14.4 Å². The highest BCUT2D eigenvalue weighted by Gasteiger charge is 2.44. The normalized spacial score (nSPS) is 15.5. The SMILES string of the molecule is CSCCN1CCCCCCc2ccccc2-c2nc(ccc2-c2ccc(F)c(OCC(F)(F)C(C)(C)C)c2)NS(=O)(=O)c2cccc1n2. The van der Waals surface area contributed by atoms with Crippen LogP contribution in [0.2, 0.25) is 0 Å². The minimum atomic E-state index is -4.13. The Morgan fingerprint density at radius 1 is 0.918 bits per heavy atom. The number of nitrogens with zero attached hydrogens (tertiary/aromatic N) is 3. The molecule has 12 heteroatoms. The molecule has 1 aliphatic rings. The Labute approximate surface area is 291 Å². The summed E-state index contributed by atoms with van der Waals surface area (Å²) in [5.74, 6) is -2.72. The summed E-state index contributed by atoms with van der Waals surface area (Å²) in [6.45, 7) is 4.72. The van der Waals surface area contributed by atoms with Crippen LogP contribution in [-0.4, -0.2) is 56.0 Å². The van der Waals surface area contributed by atoms with Crippen LogP contribution in [0.3, 0.4) is 0 Å². The van der Waals surface area contributed by atoms with Crippen LogP contribution in [0.15, 0.2) is 77.8 Å². The van der Waals surface area contributed by atoms with Crippen molar-refractivity contribution in [1.29, 1.82) is 0 Å². The second-order valence-electron chi connectivity index (χ2n) is 13.2. The molecule has 1 N–H and O–H groups in total. The van der Waals surface area contributed by atoms with Crippen molar-refractivity contribution in [3.63, 3.8) is 0 Å². The van der Waals surface area contributed by atoms with Crippen LogP contribution in [0, 0.1) is 11.2 Å². The molecule has 0 unspecified atom stereocenters. The number of sulfonamides is 1. The van der Waals surface area contributed by atoms with Gasteiger partial charge < -0.3 is 9.64 Å². The predicted octanol–water partition coefficient (Wildman–Crippen LogP) is 9.10. The first kappa shape index (κ1) is 36.5. The maximum absolute atomic E-state index is 14.9. The number of pyridine rings is 2. The van der Waals surface area contributed by atoms with E-state index in [1.165, 1.54) is 51.1 Å². The van der Waals surface area contributed by atoms with Gasteiger partial charge in [0.05, 0.1) is 5.69 Å². The number of alkyl halides is 2. The highest BCUT2D eigenvalue weighted by molar-refractivity contribution is 7.98. The van der Waals surface area contributed by atoms with Gasteiger partial charge in [-0.25, -0.2) is 23.1 Å². The fourth-order valence-corrected chi connectivity index (χ4v) is 6.89. The van der Waals surface area contributed by atoms with Crippen molar-refractivity contribution in [3.8, 4) is 28.1 Å². The van der Waals surface area contributed by atoms with Crippen molar-refractivity contribution < 1.29 is 26.3 Å². The molecule has 1 aliphatic heterocycles. The molecule has 4 bridgehead atoms. The molecule has 0 radical (unpaired) electrons. The van der Waals surface area contributed by atoms with E-state index in [0.29, 0.717) is 22.6 Å². The Balaban J connectivity index is 1.58. The van der Waals surface area contributed by atoms with Crippen LogP contribution in [0.5, 0.6) is 5.75 Å². The topological polar surface area (TPSA) is 84.4 Å². The number of thioether (sulfide) groups is 1. The molecular formula is C37H43F3N4O3S2. The summed E-state index contributed by atoms with van der Waals surface area (Å²) in [6, 6.07) is 20.1. The number of hydrogen-bond acceptors (Lipinski definition) is 7. The summed E-state index contributed by atoms with van der Waals surface area (Å²) < 4.78 is 79.7. The number of aryl methyl sites for hydroxylation is 1. The summed E-state index contributed by atoms with van der Waals surface area (Å²) in [4.78, 5) is 11.5. The van der Waals surface area contributed by atoms with Crippen molar-refractivity contribution in [2.24, 2.45) is 5.41 Å². The second-order valence-corrected chi connectivity index (χ2v) is 15.8. The Morgan fingerprint density at radius 2 is 1.69 bits per heavy atom. The third-order valence-corrected chi connectivity index (χ3v) is 10.5. The molecule has 5 rings (SSSR count). The van der Waals surface area contributed by atoms with E-state index in [1.807, 2.05) is 36.6 Å². The Bertz CT molecular complexity index is 1870. The fourth-order valence-electron chi connectivity index (χ4n) is 5.52. The first-order valence-electron chi connectivity index (χ1n) is 16.4. The number of halogens is 3. The third-order valence-electron chi connectivity index (χ3n) is 8.65. The minimum absolute atomic E-state index is 0.0766. The van der Waals surface area contributed by atoms with Gasteiger partial charge in [0.25, 0.3) is 15.9 Å². The monoisotopic (exact) mass is 712 g/mol. The van der Waals surface area contributed by atoms with Crippen LogP contribution in [0.4, 0.5) is 24.8 Å². The molecular weight excluding hydrogens is 670 g/mol. The van der Waals surface area contributed by atoms with Crippen molar-refractivity contribution in [2.75, 3.05) is 41.3 Å². The Hall–Kier alpha value is -3.77. The molecule has 0 atom stereocenters. The number of rotatable bonds is 7. The van der Waals surface area contributed by atoms with Crippen LogP contribution >= 0.6 is 11.8 Å². The van der Waals surface area contributed by atoms with Gasteiger partial charge in [0, 0.05) is 35.4 Å². The lowest BCUT2D eigenvalue weighted by Crippen LogP contribution is -2.39. The molecule has 3 heterocycles. The number of nitrogens with one attached hydrogen (secondary N) is 1. The summed E-state index contributed by atoms with van der Waals surface area (Å²) >= 11 is 1.73. The average Bonchev–Trinajstić information content (AvgIpc) is 3.06. The van der Waals surface area contributed by atoms with E-state index in [-0.39, 0.29) is 16.6 Å². The quantitative estimate of drug-likeness (QED) is 0.205. The van der Waals surface area contributed by atoms with Gasteiger partial charge in [-0.2, -0.15) is 20.2 Å². The van der Waals surface area contributed by atoms with Crippen LogP contribution in [-0.2, 0) is 16.4 Å².